The minimum absolute atomic E-state index is 0.507. The number of nitrogens with two attached hydrogens (primary N) is 1. The Labute approximate surface area is 110 Å². The predicted molar refractivity (Wildman–Crippen MR) is 70.9 cm³/mol. The molecule has 0 aliphatic carbocycles. The lowest BCUT2D eigenvalue weighted by molar-refractivity contribution is 0.251. The molecule has 6 heteroatoms. The highest BCUT2D eigenvalue weighted by atomic mass is 32.2. The molecule has 2 rings (SSSR count). The van der Waals surface area contributed by atoms with E-state index in [0.29, 0.717) is 19.0 Å². The fraction of sp³-hybridized carbons (Fsp3) is 0.417. The van der Waals surface area contributed by atoms with Gasteiger partial charge in [0.25, 0.3) is 0 Å². The summed E-state index contributed by atoms with van der Waals surface area (Å²) in [5.41, 5.74) is 6.27. The van der Waals surface area contributed by atoms with Crippen LogP contribution in [0.3, 0.4) is 0 Å². The van der Waals surface area contributed by atoms with Gasteiger partial charge in [0.2, 0.25) is 0 Å². The van der Waals surface area contributed by atoms with Gasteiger partial charge in [-0.2, -0.15) is 0 Å². The van der Waals surface area contributed by atoms with E-state index in [0.717, 1.165) is 12.8 Å². The van der Waals surface area contributed by atoms with Gasteiger partial charge in [-0.15, -0.1) is 9.03 Å². The van der Waals surface area contributed by atoms with Gasteiger partial charge in [0.15, 0.2) is 11.5 Å². The topological polar surface area (TPSA) is 81.4 Å². The number of urea groups is 1. The molecule has 0 saturated carbocycles. The van der Waals surface area contributed by atoms with E-state index in [9.17, 15) is 9.35 Å². The lowest BCUT2D eigenvalue weighted by Crippen LogP contribution is -2.48. The summed E-state index contributed by atoms with van der Waals surface area (Å²) in [5.74, 6) is 0.507. The van der Waals surface area contributed by atoms with Gasteiger partial charge < -0.3 is 10.3 Å². The van der Waals surface area contributed by atoms with Crippen LogP contribution in [0.15, 0.2) is 30.3 Å². The average molecular weight is 267 g/mol. The molecule has 1 saturated heterocycles. The fourth-order valence-corrected chi connectivity index (χ4v) is 3.07. The zero-order valence-electron chi connectivity index (χ0n) is 10.0. The second kappa shape index (κ2) is 6.08. The average Bonchev–Trinajstić information content (AvgIpc) is 2.39. The molecule has 0 bridgehead atoms. The third-order valence-electron chi connectivity index (χ3n) is 3.15. The molecule has 98 valence electrons. The van der Waals surface area contributed by atoms with E-state index in [2.05, 4.69) is 16.9 Å². The Balaban J connectivity index is 1.86. The van der Waals surface area contributed by atoms with E-state index >= 15 is 0 Å². The third kappa shape index (κ3) is 3.38. The van der Waals surface area contributed by atoms with E-state index in [-0.39, 0.29) is 0 Å². The number of hydrogen-bond donors (Lipinski definition) is 2. The van der Waals surface area contributed by atoms with Gasteiger partial charge in [-0.25, -0.2) is 4.79 Å². The van der Waals surface area contributed by atoms with Crippen molar-refractivity contribution in [2.24, 2.45) is 5.73 Å². The highest BCUT2D eigenvalue weighted by Gasteiger charge is 2.28. The monoisotopic (exact) mass is 267 g/mol. The van der Waals surface area contributed by atoms with Gasteiger partial charge in [0.1, 0.15) is 0 Å². The Morgan fingerprint density at radius 2 is 1.94 bits per heavy atom. The molecule has 1 aromatic carbocycles. The van der Waals surface area contributed by atoms with E-state index in [1.807, 2.05) is 18.2 Å². The van der Waals surface area contributed by atoms with Gasteiger partial charge in [-0.05, 0) is 24.3 Å². The van der Waals surface area contributed by atoms with Crippen molar-refractivity contribution in [2.75, 3.05) is 13.1 Å². The quantitative estimate of drug-likeness (QED) is 0.805. The van der Waals surface area contributed by atoms with Crippen molar-refractivity contribution in [3.05, 3.63) is 35.9 Å². The summed E-state index contributed by atoms with van der Waals surface area (Å²) < 4.78 is 15.6. The van der Waals surface area contributed by atoms with Gasteiger partial charge in [-0.3, -0.25) is 0 Å². The molecule has 0 spiro atoms. The molecule has 1 atom stereocenters. The van der Waals surface area contributed by atoms with E-state index in [1.54, 1.807) is 4.31 Å². The Morgan fingerprint density at radius 3 is 2.50 bits per heavy atom. The van der Waals surface area contributed by atoms with Gasteiger partial charge in [0.05, 0.1) is 0 Å². The molecular formula is C12H17N3O2S. The third-order valence-corrected chi connectivity index (χ3v) is 4.36. The molecule has 5 nitrogen and oxygen atoms in total. The van der Waals surface area contributed by atoms with Gasteiger partial charge in [-0.1, -0.05) is 30.3 Å². The molecule has 1 fully saturated rings. The number of nitrogens with zero attached hydrogens (tertiary/aromatic N) is 1. The van der Waals surface area contributed by atoms with Crippen molar-refractivity contribution in [3.8, 4) is 0 Å². The Morgan fingerprint density at radius 1 is 1.33 bits per heavy atom. The summed E-state index contributed by atoms with van der Waals surface area (Å²) in [5, 5.41) is 0. The second-order valence-electron chi connectivity index (χ2n) is 4.33. The molecule has 1 aromatic rings. The van der Waals surface area contributed by atoms with E-state index < -0.39 is 17.6 Å². The molecule has 2 amide bonds. The molecule has 0 radical (unpaired) electrons. The van der Waals surface area contributed by atoms with Crippen LogP contribution in [-0.4, -0.2) is 28.0 Å². The molecular weight excluding hydrogens is 250 g/mol. The number of piperidine rings is 1. The summed E-state index contributed by atoms with van der Waals surface area (Å²) in [7, 11) is 0. The molecule has 1 unspecified atom stereocenters. The highest BCUT2D eigenvalue weighted by molar-refractivity contribution is 7.87. The Kier molecular flexibility index (Phi) is 4.46. The molecule has 1 aliphatic heterocycles. The number of hydrogen-bond acceptors (Lipinski definition) is 3. The standard InChI is InChI=1S/C12H17N3O2S/c13-12(16)14-18(17)15-8-6-11(7-9-15)10-4-2-1-3-5-10/h1-5,11H,6-9H2,(H3,13,14,16). The molecule has 3 N–H and O–H groups in total. The zero-order chi connectivity index (χ0) is 13.0. The van der Waals surface area contributed by atoms with Crippen LogP contribution in [0.25, 0.3) is 0 Å². The number of nitrogens with one attached hydrogen (secondary N) is 1. The van der Waals surface area contributed by atoms with Crippen LogP contribution in [0.5, 0.6) is 0 Å². The van der Waals surface area contributed by atoms with Crippen molar-refractivity contribution in [1.29, 1.82) is 0 Å². The molecule has 0 aromatic heterocycles. The largest absolute Gasteiger partial charge is 0.573 e. The Hall–Kier alpha value is -1.24. The van der Waals surface area contributed by atoms with E-state index in [1.165, 1.54) is 5.56 Å². The van der Waals surface area contributed by atoms with Gasteiger partial charge in [0, 0.05) is 13.1 Å². The maximum Gasteiger partial charge on any atom is 0.355 e. The number of primary amides is 1. The van der Waals surface area contributed by atoms with Crippen molar-refractivity contribution in [1.82, 2.24) is 9.03 Å². The highest BCUT2D eigenvalue weighted by Crippen LogP contribution is 2.28. The van der Waals surface area contributed by atoms with Crippen LogP contribution >= 0.6 is 0 Å². The van der Waals surface area contributed by atoms with Crippen LogP contribution in [0.4, 0.5) is 4.79 Å². The lowest BCUT2D eigenvalue weighted by atomic mass is 9.90. The first kappa shape index (κ1) is 13.2. The first-order valence-electron chi connectivity index (χ1n) is 5.94. The summed E-state index contributed by atoms with van der Waals surface area (Å²) >= 11 is -1.50. The molecule has 1 heterocycles. The first-order chi connectivity index (χ1) is 8.66. The maximum atomic E-state index is 11.7. The molecule has 1 aliphatic rings. The fourth-order valence-electron chi connectivity index (χ4n) is 2.23. The van der Waals surface area contributed by atoms with Crippen LogP contribution in [0, 0.1) is 0 Å². The van der Waals surface area contributed by atoms with Crippen LogP contribution < -0.4 is 10.5 Å². The minimum Gasteiger partial charge on any atom is -0.573 e. The number of amides is 2. The second-order valence-corrected chi connectivity index (χ2v) is 5.55. The normalized spacial score (nSPS) is 19.4. The summed E-state index contributed by atoms with van der Waals surface area (Å²) in [6, 6.07) is 9.57. The predicted octanol–water partition coefficient (Wildman–Crippen LogP) is 1.11. The summed E-state index contributed by atoms with van der Waals surface area (Å²) in [4.78, 5) is 10.6. The summed E-state index contributed by atoms with van der Waals surface area (Å²) in [6.45, 7) is 1.40. The number of carbonyl (C=O) groups is 1. The van der Waals surface area contributed by atoms with Crippen LogP contribution in [0.2, 0.25) is 0 Å². The summed E-state index contributed by atoms with van der Waals surface area (Å²) in [6.07, 6.45) is 1.88. The number of rotatable bonds is 3. The van der Waals surface area contributed by atoms with Gasteiger partial charge >= 0.3 is 6.03 Å². The number of carbonyl (C=O) groups excluding carboxylic acids is 1. The van der Waals surface area contributed by atoms with E-state index in [4.69, 9.17) is 5.73 Å². The molecule has 18 heavy (non-hydrogen) atoms. The number of benzene rings is 1. The smallest absolute Gasteiger partial charge is 0.355 e. The van der Waals surface area contributed by atoms with Crippen LogP contribution in [0.1, 0.15) is 24.3 Å². The lowest BCUT2D eigenvalue weighted by Gasteiger charge is -2.30. The van der Waals surface area contributed by atoms with Crippen molar-refractivity contribution in [2.45, 2.75) is 18.8 Å². The zero-order valence-corrected chi connectivity index (χ0v) is 10.9. The van der Waals surface area contributed by atoms with Crippen LogP contribution in [-0.2, 0) is 11.5 Å². The first-order valence-corrected chi connectivity index (χ1v) is 7.05. The van der Waals surface area contributed by atoms with Crippen molar-refractivity contribution < 1.29 is 9.35 Å². The SMILES string of the molecule is NC(=O)N[S+]([O-])N1CCC(c2ccccc2)CC1. The Bertz CT molecular complexity index is 394. The van der Waals surface area contributed by atoms with Crippen molar-refractivity contribution in [3.63, 3.8) is 0 Å². The van der Waals surface area contributed by atoms with Crippen molar-refractivity contribution >= 4 is 17.6 Å². The minimum atomic E-state index is -1.50. The maximum absolute atomic E-state index is 11.7.